The molecule has 5 rings (SSSR count). The van der Waals surface area contributed by atoms with Crippen LogP contribution in [0.3, 0.4) is 0 Å². The molecule has 12 nitrogen and oxygen atoms in total. The summed E-state index contributed by atoms with van der Waals surface area (Å²) in [4.78, 5) is 44.8. The van der Waals surface area contributed by atoms with Gasteiger partial charge in [-0.05, 0) is 57.4 Å². The molecule has 0 bridgehead atoms. The molecule has 2 amide bonds. The summed E-state index contributed by atoms with van der Waals surface area (Å²) in [6, 6.07) is 3.78. The monoisotopic (exact) mass is 552 g/mol. The summed E-state index contributed by atoms with van der Waals surface area (Å²) in [5, 5.41) is 16.8. The summed E-state index contributed by atoms with van der Waals surface area (Å²) in [6.45, 7) is 1.90. The van der Waals surface area contributed by atoms with Gasteiger partial charge < -0.3 is 26.0 Å². The van der Waals surface area contributed by atoms with E-state index in [4.69, 9.17) is 4.74 Å². The maximum absolute atomic E-state index is 14.1. The minimum Gasteiger partial charge on any atom is -0.465 e. The second-order valence-electron chi connectivity index (χ2n) is 10.2. The van der Waals surface area contributed by atoms with Crippen LogP contribution in [-0.2, 0) is 14.3 Å². The van der Waals surface area contributed by atoms with Gasteiger partial charge in [0.15, 0.2) is 17.2 Å². The largest absolute Gasteiger partial charge is 0.465 e. The maximum atomic E-state index is 14.1. The lowest BCUT2D eigenvalue weighted by Gasteiger charge is -2.29. The molecule has 2 saturated carbocycles. The van der Waals surface area contributed by atoms with Crippen molar-refractivity contribution in [3.8, 4) is 0 Å². The van der Waals surface area contributed by atoms with Crippen molar-refractivity contribution in [3.63, 3.8) is 0 Å². The highest BCUT2D eigenvalue weighted by atomic mass is 19.1. The van der Waals surface area contributed by atoms with Gasteiger partial charge in [-0.2, -0.15) is 0 Å². The number of amides is 2. The molecule has 2 aliphatic carbocycles. The first-order chi connectivity index (χ1) is 19.4. The summed E-state index contributed by atoms with van der Waals surface area (Å²) >= 11 is 0. The van der Waals surface area contributed by atoms with Gasteiger partial charge >= 0.3 is 5.97 Å². The van der Waals surface area contributed by atoms with E-state index in [-0.39, 0.29) is 42.4 Å². The Balaban J connectivity index is 1.24. The fraction of sp³-hybridized carbons (Fsp3) is 0.481. The molecule has 0 atom stereocenters. The van der Waals surface area contributed by atoms with Crippen LogP contribution in [0.5, 0.6) is 0 Å². The average molecular weight is 553 g/mol. The number of halogens is 1. The van der Waals surface area contributed by atoms with Gasteiger partial charge in [-0.25, -0.2) is 13.9 Å². The fourth-order valence-electron chi connectivity index (χ4n) is 4.85. The van der Waals surface area contributed by atoms with Crippen LogP contribution >= 0.6 is 0 Å². The number of hydrogen-bond acceptors (Lipinski definition) is 9. The number of anilines is 3. The number of imidazole rings is 1. The SMILES string of the molecule is CCOC(=O)CNC(=O)CC1CCC(Nc2cc(NC3CC3)c3ncc(C(=O)Nc4ccncc4F)n3n2)CC1. The van der Waals surface area contributed by atoms with Gasteiger partial charge in [-0.1, -0.05) is 0 Å². The maximum Gasteiger partial charge on any atom is 0.325 e. The van der Waals surface area contributed by atoms with Crippen LogP contribution < -0.4 is 21.3 Å². The van der Waals surface area contributed by atoms with Crippen molar-refractivity contribution in [1.82, 2.24) is 24.9 Å². The fourth-order valence-corrected chi connectivity index (χ4v) is 4.85. The molecule has 2 fully saturated rings. The molecule has 0 spiro atoms. The van der Waals surface area contributed by atoms with Gasteiger partial charge in [-0.3, -0.25) is 19.4 Å². The molecule has 3 aromatic heterocycles. The normalized spacial score (nSPS) is 18.6. The van der Waals surface area contributed by atoms with E-state index in [1.54, 1.807) is 6.92 Å². The van der Waals surface area contributed by atoms with Crippen molar-refractivity contribution in [3.05, 3.63) is 42.2 Å². The predicted octanol–water partition coefficient (Wildman–Crippen LogP) is 3.13. The summed E-state index contributed by atoms with van der Waals surface area (Å²) in [5.41, 5.74) is 1.47. The Kier molecular flexibility index (Phi) is 8.37. The Morgan fingerprint density at radius 2 is 1.80 bits per heavy atom. The molecule has 40 heavy (non-hydrogen) atoms. The predicted molar refractivity (Wildman–Crippen MR) is 145 cm³/mol. The number of fused-ring (bicyclic) bond motifs is 1. The lowest BCUT2D eigenvalue weighted by atomic mass is 9.84. The molecule has 3 aromatic rings. The number of aromatic nitrogens is 4. The third-order valence-corrected chi connectivity index (χ3v) is 7.07. The van der Waals surface area contributed by atoms with Crippen molar-refractivity contribution in [2.24, 2.45) is 5.92 Å². The smallest absolute Gasteiger partial charge is 0.325 e. The van der Waals surface area contributed by atoms with Gasteiger partial charge in [0, 0.05) is 30.8 Å². The van der Waals surface area contributed by atoms with Crippen LogP contribution in [0.4, 0.5) is 21.6 Å². The second-order valence-corrected chi connectivity index (χ2v) is 10.2. The van der Waals surface area contributed by atoms with Crippen LogP contribution in [0.25, 0.3) is 5.65 Å². The zero-order valence-corrected chi connectivity index (χ0v) is 22.3. The van der Waals surface area contributed by atoms with Gasteiger partial charge in [0.1, 0.15) is 12.4 Å². The third-order valence-electron chi connectivity index (χ3n) is 7.07. The number of carbonyl (C=O) groups is 3. The Morgan fingerprint density at radius 1 is 1.05 bits per heavy atom. The Bertz CT molecular complexity index is 1380. The molecule has 0 unspecified atom stereocenters. The molecule has 212 valence electrons. The van der Waals surface area contributed by atoms with Crippen LogP contribution in [0, 0.1) is 11.7 Å². The van der Waals surface area contributed by atoms with Crippen LogP contribution in [-0.4, -0.2) is 62.6 Å². The first kappa shape index (κ1) is 27.3. The number of hydrogen-bond donors (Lipinski definition) is 4. The molecule has 4 N–H and O–H groups in total. The molecular weight excluding hydrogens is 519 g/mol. The van der Waals surface area contributed by atoms with E-state index < -0.39 is 17.7 Å². The lowest BCUT2D eigenvalue weighted by Crippen LogP contribution is -2.33. The minimum absolute atomic E-state index is 0.0203. The van der Waals surface area contributed by atoms with Gasteiger partial charge in [0.25, 0.3) is 5.91 Å². The molecule has 3 heterocycles. The van der Waals surface area contributed by atoms with E-state index in [9.17, 15) is 18.8 Å². The molecule has 0 saturated heterocycles. The van der Waals surface area contributed by atoms with Crippen molar-refractivity contribution >= 4 is 40.6 Å². The van der Waals surface area contributed by atoms with Crippen molar-refractivity contribution in [2.75, 3.05) is 29.1 Å². The van der Waals surface area contributed by atoms with Gasteiger partial charge in [0.2, 0.25) is 5.91 Å². The average Bonchev–Trinajstić information content (AvgIpc) is 3.65. The molecular formula is C27H33FN8O4. The Labute approximate surface area is 230 Å². The Hall–Kier alpha value is -4.29. The quantitative estimate of drug-likeness (QED) is 0.263. The molecule has 0 radical (unpaired) electrons. The third kappa shape index (κ3) is 6.82. The topological polar surface area (TPSA) is 152 Å². The minimum atomic E-state index is -0.636. The standard InChI is InChI=1S/C27H33FN8O4/c1-2-40-25(38)15-30-24(37)11-16-3-5-18(6-4-16)33-23-12-21(32-17-7-8-17)26-31-14-22(36(26)35-23)27(39)34-20-9-10-29-13-19(20)28/h9-10,12-14,16-18,32H,2-8,11,15H2,1H3,(H,30,37)(H,33,35)(H,29,34,39). The summed E-state index contributed by atoms with van der Waals surface area (Å²) in [7, 11) is 0. The highest BCUT2D eigenvalue weighted by Gasteiger charge is 2.27. The molecule has 13 heteroatoms. The second kappa shape index (κ2) is 12.3. The van der Waals surface area contributed by atoms with E-state index in [0.717, 1.165) is 50.4 Å². The van der Waals surface area contributed by atoms with Crippen molar-refractivity contribution in [1.29, 1.82) is 0 Å². The molecule has 2 aliphatic rings. The van der Waals surface area contributed by atoms with Crippen molar-refractivity contribution < 1.29 is 23.5 Å². The number of ether oxygens (including phenoxy) is 1. The number of nitrogens with one attached hydrogen (secondary N) is 4. The molecule has 0 aromatic carbocycles. The van der Waals surface area contributed by atoms with E-state index >= 15 is 0 Å². The highest BCUT2D eigenvalue weighted by Crippen LogP contribution is 2.31. The first-order valence-corrected chi connectivity index (χ1v) is 13.6. The summed E-state index contributed by atoms with van der Waals surface area (Å²) < 4.78 is 20.4. The highest BCUT2D eigenvalue weighted by molar-refractivity contribution is 6.03. The number of nitrogens with zero attached hydrogens (tertiary/aromatic N) is 4. The lowest BCUT2D eigenvalue weighted by molar-refractivity contribution is -0.143. The number of pyridine rings is 1. The van der Waals surface area contributed by atoms with E-state index in [1.165, 1.54) is 23.0 Å². The Morgan fingerprint density at radius 3 is 2.52 bits per heavy atom. The van der Waals surface area contributed by atoms with E-state index in [1.807, 2.05) is 6.07 Å². The van der Waals surface area contributed by atoms with E-state index in [0.29, 0.717) is 23.9 Å². The summed E-state index contributed by atoms with van der Waals surface area (Å²) in [5.74, 6) is -0.935. The zero-order valence-electron chi connectivity index (χ0n) is 22.3. The molecule has 0 aliphatic heterocycles. The zero-order chi connectivity index (χ0) is 28.1. The number of rotatable bonds is 11. The first-order valence-electron chi connectivity index (χ1n) is 13.6. The van der Waals surface area contributed by atoms with E-state index in [2.05, 4.69) is 36.3 Å². The van der Waals surface area contributed by atoms with Crippen LogP contribution in [0.15, 0.2) is 30.7 Å². The number of carbonyl (C=O) groups excluding carboxylic acids is 3. The van der Waals surface area contributed by atoms with Crippen molar-refractivity contribution in [2.45, 2.75) is 64.0 Å². The van der Waals surface area contributed by atoms with Gasteiger partial charge in [0.05, 0.1) is 30.4 Å². The summed E-state index contributed by atoms with van der Waals surface area (Å²) in [6.07, 6.45) is 9.76. The van der Waals surface area contributed by atoms with Crippen LogP contribution in [0.2, 0.25) is 0 Å². The van der Waals surface area contributed by atoms with Gasteiger partial charge in [-0.15, -0.1) is 5.10 Å². The van der Waals surface area contributed by atoms with Crippen LogP contribution in [0.1, 0.15) is 62.4 Å². The number of esters is 1.